The van der Waals surface area contributed by atoms with Crippen molar-refractivity contribution in [2.75, 3.05) is 0 Å². The minimum absolute atomic E-state index is 2.19. The van der Waals surface area contributed by atoms with Gasteiger partial charge in [-0.2, -0.15) is 17.6 Å². The second-order valence-electron chi connectivity index (χ2n) is 4.45. The lowest BCUT2D eigenvalue weighted by Crippen LogP contribution is -2.10. The number of hydrogen-bond acceptors (Lipinski definition) is 3. The van der Waals surface area contributed by atoms with Crippen LogP contribution in [-0.4, -0.2) is 4.89 Å². The van der Waals surface area contributed by atoms with Crippen molar-refractivity contribution in [1.29, 1.82) is 0 Å². The van der Waals surface area contributed by atoms with Crippen LogP contribution in [-0.2, 0) is 11.8 Å². The van der Waals surface area contributed by atoms with Gasteiger partial charge in [-0.25, -0.2) is 26.3 Å². The van der Waals surface area contributed by atoms with E-state index in [-0.39, 0.29) is 0 Å². The van der Waals surface area contributed by atoms with Crippen LogP contribution in [0, 0.1) is 58.2 Å². The van der Waals surface area contributed by atoms with E-state index >= 15 is 0 Å². The fourth-order valence-corrected chi connectivity index (χ4v) is 2.85. The SMILES string of the molecule is OP(=S)(Oc1c(F)c(F)c(F)c(F)c1F)Oc1c(F)c(F)c(F)c(F)c1F. The van der Waals surface area contributed by atoms with Crippen LogP contribution in [0.5, 0.6) is 11.5 Å². The summed E-state index contributed by atoms with van der Waals surface area (Å²) in [6.07, 6.45) is 0. The molecule has 15 heteroatoms. The van der Waals surface area contributed by atoms with Gasteiger partial charge >= 0.3 is 6.72 Å². The van der Waals surface area contributed by atoms with Gasteiger partial charge in [-0.05, 0) is 0 Å². The molecule has 0 aliphatic carbocycles. The maximum absolute atomic E-state index is 13.5. The Morgan fingerprint density at radius 3 is 0.889 bits per heavy atom. The van der Waals surface area contributed by atoms with Gasteiger partial charge in [0.2, 0.25) is 69.7 Å². The molecule has 0 saturated carbocycles. The van der Waals surface area contributed by atoms with Gasteiger partial charge in [-0.1, -0.05) is 0 Å². The average Bonchev–Trinajstić information content (AvgIpc) is 2.62. The third-order valence-corrected chi connectivity index (χ3v) is 4.03. The molecular weight excluding hydrogens is 445 g/mol. The fraction of sp³-hybridized carbons (Fsp3) is 0. The highest BCUT2D eigenvalue weighted by molar-refractivity contribution is 8.07. The molecule has 0 radical (unpaired) electrons. The number of halogens is 10. The standard InChI is InChI=1S/C12HF10O3PS/c13-1-3(15)7(19)11(8(20)4(1)16)24-26(23,27)25-12-9(21)5(17)2(14)6(18)10(12)22/h(H,23,27). The highest BCUT2D eigenvalue weighted by Crippen LogP contribution is 2.48. The Morgan fingerprint density at radius 2 is 0.667 bits per heavy atom. The van der Waals surface area contributed by atoms with Crippen LogP contribution in [0.2, 0.25) is 0 Å². The number of benzene rings is 2. The summed E-state index contributed by atoms with van der Waals surface area (Å²) in [6, 6.07) is 0. The summed E-state index contributed by atoms with van der Waals surface area (Å²) in [4.78, 5) is 9.56. The minimum Gasteiger partial charge on any atom is -0.409 e. The zero-order valence-electron chi connectivity index (χ0n) is 11.9. The monoisotopic (exact) mass is 446 g/mol. The van der Waals surface area contributed by atoms with Gasteiger partial charge in [0.05, 0.1) is 0 Å². The van der Waals surface area contributed by atoms with Crippen molar-refractivity contribution in [2.24, 2.45) is 0 Å². The van der Waals surface area contributed by atoms with E-state index in [4.69, 9.17) is 0 Å². The third-order valence-electron chi connectivity index (χ3n) is 2.75. The predicted octanol–water partition coefficient (Wildman–Crippen LogP) is 4.75. The molecule has 0 unspecified atom stereocenters. The molecule has 27 heavy (non-hydrogen) atoms. The first-order chi connectivity index (χ1) is 12.3. The molecule has 2 aromatic rings. The van der Waals surface area contributed by atoms with Crippen LogP contribution < -0.4 is 9.05 Å². The number of hydrogen-bond donors (Lipinski definition) is 1. The van der Waals surface area contributed by atoms with Crippen LogP contribution in [0.1, 0.15) is 0 Å². The highest BCUT2D eigenvalue weighted by atomic mass is 32.5. The van der Waals surface area contributed by atoms with Crippen molar-refractivity contribution in [1.82, 2.24) is 0 Å². The van der Waals surface area contributed by atoms with Gasteiger partial charge in [-0.15, -0.1) is 0 Å². The van der Waals surface area contributed by atoms with Crippen LogP contribution >= 0.6 is 6.72 Å². The van der Waals surface area contributed by atoms with Gasteiger partial charge in [0.25, 0.3) is 0 Å². The predicted molar refractivity (Wildman–Crippen MR) is 70.2 cm³/mol. The maximum Gasteiger partial charge on any atom is 0.432 e. The molecule has 0 saturated heterocycles. The quantitative estimate of drug-likeness (QED) is 0.319. The van der Waals surface area contributed by atoms with E-state index in [1.54, 1.807) is 0 Å². The summed E-state index contributed by atoms with van der Waals surface area (Å²) in [5.41, 5.74) is 0. The van der Waals surface area contributed by atoms with Gasteiger partial charge in [-0.3, -0.25) is 0 Å². The van der Waals surface area contributed by atoms with E-state index in [1.165, 1.54) is 0 Å². The Balaban J connectivity index is 2.51. The zero-order chi connectivity index (χ0) is 20.8. The molecule has 0 atom stereocenters. The molecule has 0 bridgehead atoms. The van der Waals surface area contributed by atoms with E-state index < -0.39 is 76.4 Å². The smallest absolute Gasteiger partial charge is 0.409 e. The van der Waals surface area contributed by atoms with E-state index in [9.17, 15) is 48.8 Å². The first-order valence-corrected chi connectivity index (χ1v) is 8.64. The second kappa shape index (κ2) is 7.17. The first kappa shape index (κ1) is 21.3. The topological polar surface area (TPSA) is 38.7 Å². The van der Waals surface area contributed by atoms with Gasteiger partial charge < -0.3 is 13.9 Å². The van der Waals surface area contributed by atoms with E-state index in [0.717, 1.165) is 0 Å². The third kappa shape index (κ3) is 3.69. The van der Waals surface area contributed by atoms with Crippen molar-refractivity contribution in [3.8, 4) is 11.5 Å². The summed E-state index contributed by atoms with van der Waals surface area (Å²) in [6.45, 7) is -5.39. The normalized spacial score (nSPS) is 11.7. The summed E-state index contributed by atoms with van der Waals surface area (Å²) in [7, 11) is 0. The molecule has 0 aliphatic rings. The largest absolute Gasteiger partial charge is 0.432 e. The Hall–Kier alpha value is -2.05. The Bertz CT molecular complexity index is 865. The zero-order valence-corrected chi connectivity index (χ0v) is 13.6. The Labute approximate surface area is 147 Å². The minimum atomic E-state index is -5.39. The van der Waals surface area contributed by atoms with Crippen molar-refractivity contribution in [3.05, 3.63) is 58.2 Å². The Kier molecular flexibility index (Phi) is 5.64. The summed E-state index contributed by atoms with van der Waals surface area (Å²) >= 11 is 4.06. The van der Waals surface area contributed by atoms with Gasteiger partial charge in [0.1, 0.15) is 0 Å². The van der Waals surface area contributed by atoms with Gasteiger partial charge in [0.15, 0.2) is 0 Å². The molecule has 1 N–H and O–H groups in total. The molecule has 0 fully saturated rings. The molecule has 0 aromatic heterocycles. The van der Waals surface area contributed by atoms with Crippen molar-refractivity contribution in [3.63, 3.8) is 0 Å². The lowest BCUT2D eigenvalue weighted by molar-refractivity contribution is 0.302. The summed E-state index contributed by atoms with van der Waals surface area (Å²) in [5.74, 6) is -30.3. The van der Waals surface area contributed by atoms with E-state index in [0.29, 0.717) is 0 Å². The molecule has 0 aliphatic heterocycles. The fourth-order valence-electron chi connectivity index (χ4n) is 1.58. The summed E-state index contributed by atoms with van der Waals surface area (Å²) < 4.78 is 140. The molecular formula is C12HF10O3PS. The molecule has 148 valence electrons. The molecule has 0 heterocycles. The molecule has 2 rings (SSSR count). The lowest BCUT2D eigenvalue weighted by Gasteiger charge is -2.19. The highest BCUT2D eigenvalue weighted by Gasteiger charge is 2.35. The van der Waals surface area contributed by atoms with Crippen LogP contribution in [0.25, 0.3) is 0 Å². The van der Waals surface area contributed by atoms with Crippen molar-refractivity contribution >= 4 is 18.5 Å². The van der Waals surface area contributed by atoms with E-state index in [2.05, 4.69) is 20.9 Å². The van der Waals surface area contributed by atoms with Crippen molar-refractivity contribution < 1.29 is 57.8 Å². The molecule has 3 nitrogen and oxygen atoms in total. The number of rotatable bonds is 4. The van der Waals surface area contributed by atoms with Gasteiger partial charge in [0, 0.05) is 11.8 Å². The van der Waals surface area contributed by atoms with Crippen LogP contribution in [0.15, 0.2) is 0 Å². The van der Waals surface area contributed by atoms with Crippen LogP contribution in [0.4, 0.5) is 43.9 Å². The van der Waals surface area contributed by atoms with Crippen molar-refractivity contribution in [2.45, 2.75) is 0 Å². The maximum atomic E-state index is 13.5. The molecule has 0 spiro atoms. The second-order valence-corrected chi connectivity index (χ2v) is 7.14. The van der Waals surface area contributed by atoms with Crippen LogP contribution in [0.3, 0.4) is 0 Å². The molecule has 2 aromatic carbocycles. The summed E-state index contributed by atoms with van der Waals surface area (Å²) in [5, 5.41) is 0. The first-order valence-electron chi connectivity index (χ1n) is 6.05. The van der Waals surface area contributed by atoms with E-state index in [1.807, 2.05) is 0 Å². The average molecular weight is 446 g/mol. The Morgan fingerprint density at radius 1 is 0.481 bits per heavy atom. The lowest BCUT2D eigenvalue weighted by atomic mass is 10.3. The molecule has 0 amide bonds.